The molecule has 37 heavy (non-hydrogen) atoms. The van der Waals surface area contributed by atoms with Crippen molar-refractivity contribution in [1.82, 2.24) is 25.1 Å². The summed E-state index contributed by atoms with van der Waals surface area (Å²) >= 11 is 0. The van der Waals surface area contributed by atoms with Crippen LogP contribution >= 0.6 is 0 Å². The molecule has 3 heterocycles. The van der Waals surface area contributed by atoms with Crippen LogP contribution in [0.2, 0.25) is 0 Å². The summed E-state index contributed by atoms with van der Waals surface area (Å²) in [5.74, 6) is -1.34. The number of amides is 2. The van der Waals surface area contributed by atoms with Crippen LogP contribution in [0, 0.1) is 5.82 Å². The highest BCUT2D eigenvalue weighted by Crippen LogP contribution is 2.25. The van der Waals surface area contributed by atoms with Gasteiger partial charge in [-0.2, -0.15) is 5.10 Å². The Morgan fingerprint density at radius 1 is 1.14 bits per heavy atom. The van der Waals surface area contributed by atoms with Gasteiger partial charge in [-0.3, -0.25) is 14.6 Å². The lowest BCUT2D eigenvalue weighted by molar-refractivity contribution is -0.116. The maximum atomic E-state index is 13.3. The normalized spacial score (nSPS) is 12.3. The van der Waals surface area contributed by atoms with E-state index >= 15 is 0 Å². The predicted octanol–water partition coefficient (Wildman–Crippen LogP) is 2.14. The summed E-state index contributed by atoms with van der Waals surface area (Å²) in [4.78, 5) is 32.7. The number of benzene rings is 1. The molecule has 1 aromatic carbocycles. The van der Waals surface area contributed by atoms with Crippen molar-refractivity contribution in [3.8, 4) is 5.69 Å². The molecule has 0 saturated carbocycles. The summed E-state index contributed by atoms with van der Waals surface area (Å²) in [6, 6.07) is 8.09. The van der Waals surface area contributed by atoms with Gasteiger partial charge in [0.2, 0.25) is 5.91 Å². The van der Waals surface area contributed by atoms with Crippen LogP contribution < -0.4 is 16.4 Å². The van der Waals surface area contributed by atoms with Gasteiger partial charge in [-0.25, -0.2) is 22.5 Å². The number of nitrogens with one attached hydrogen (secondary N) is 2. The van der Waals surface area contributed by atoms with Gasteiger partial charge in [-0.1, -0.05) is 6.92 Å². The second-order valence-corrected chi connectivity index (χ2v) is 10.3. The Morgan fingerprint density at radius 3 is 2.51 bits per heavy atom. The number of sulfone groups is 1. The van der Waals surface area contributed by atoms with Crippen LogP contribution in [0.5, 0.6) is 0 Å². The number of nitrogens with zero attached hydrogens (tertiary/aromatic N) is 4. The molecule has 11 nitrogen and oxygen atoms in total. The van der Waals surface area contributed by atoms with Gasteiger partial charge >= 0.3 is 0 Å². The van der Waals surface area contributed by atoms with E-state index in [1.165, 1.54) is 30.6 Å². The summed E-state index contributed by atoms with van der Waals surface area (Å²) < 4.78 is 39.3. The molecular formula is C24H24FN7O4S. The van der Waals surface area contributed by atoms with Crippen LogP contribution in [-0.4, -0.2) is 52.8 Å². The molecule has 0 aliphatic rings. The van der Waals surface area contributed by atoms with Crippen molar-refractivity contribution in [2.45, 2.75) is 24.4 Å². The van der Waals surface area contributed by atoms with Crippen molar-refractivity contribution in [2.75, 3.05) is 18.1 Å². The Labute approximate surface area is 211 Å². The molecule has 0 unspecified atom stereocenters. The van der Waals surface area contributed by atoms with E-state index in [1.807, 2.05) is 6.92 Å². The smallest absolute Gasteiger partial charge is 0.254 e. The van der Waals surface area contributed by atoms with E-state index in [1.54, 1.807) is 29.1 Å². The lowest BCUT2D eigenvalue weighted by Gasteiger charge is -2.19. The van der Waals surface area contributed by atoms with Crippen molar-refractivity contribution >= 4 is 38.4 Å². The minimum Gasteiger partial charge on any atom is -0.368 e. The Balaban J connectivity index is 1.67. The SMILES string of the molecule is CC[C@H](NC(=O)c1cncc2c1cnn2-c1ccc(F)cc1)c1cc(NCC(N)=O)nc(S(C)(=O)=O)c1. The van der Waals surface area contributed by atoms with Gasteiger partial charge in [0.05, 0.1) is 41.7 Å². The van der Waals surface area contributed by atoms with Crippen LogP contribution in [0.1, 0.15) is 35.3 Å². The fraction of sp³-hybridized carbons (Fsp3) is 0.208. The van der Waals surface area contributed by atoms with Crippen LogP contribution in [0.3, 0.4) is 0 Å². The number of fused-ring (bicyclic) bond motifs is 1. The Hall–Kier alpha value is -4.39. The first kappa shape index (κ1) is 25.7. The standard InChI is InChI=1S/C24H24FN7O4S/c1-3-19(14-8-22(28-13-21(26)33)31-23(9-14)37(2,35)36)30-24(34)18-10-27-12-20-17(18)11-29-32(20)16-6-4-15(25)5-7-16/h4-12,19H,3,13H2,1-2H3,(H2,26,33)(H,28,31)(H,30,34)/t19-/m0/s1. The maximum Gasteiger partial charge on any atom is 0.254 e. The average molecular weight is 526 g/mol. The van der Waals surface area contributed by atoms with Gasteiger partial charge in [0, 0.05) is 17.8 Å². The minimum absolute atomic E-state index is 0.133. The maximum absolute atomic E-state index is 13.3. The molecule has 3 aromatic heterocycles. The monoisotopic (exact) mass is 525 g/mol. The van der Waals surface area contributed by atoms with Crippen molar-refractivity contribution in [3.63, 3.8) is 0 Å². The highest BCUT2D eigenvalue weighted by atomic mass is 32.2. The van der Waals surface area contributed by atoms with Gasteiger partial charge < -0.3 is 16.4 Å². The third-order valence-electron chi connectivity index (χ3n) is 5.58. The van der Waals surface area contributed by atoms with Gasteiger partial charge in [0.15, 0.2) is 14.9 Å². The summed E-state index contributed by atoms with van der Waals surface area (Å²) in [6.45, 7) is 1.59. The fourth-order valence-corrected chi connectivity index (χ4v) is 4.37. The number of nitrogens with two attached hydrogens (primary N) is 1. The number of halogens is 1. The van der Waals surface area contributed by atoms with Crippen molar-refractivity contribution in [1.29, 1.82) is 0 Å². The van der Waals surface area contributed by atoms with Crippen LogP contribution in [0.15, 0.2) is 60.0 Å². The zero-order valence-corrected chi connectivity index (χ0v) is 20.8. The molecule has 0 bridgehead atoms. The Kier molecular flexibility index (Phi) is 7.16. The highest BCUT2D eigenvalue weighted by Gasteiger charge is 2.21. The van der Waals surface area contributed by atoms with E-state index in [0.717, 1.165) is 6.26 Å². The van der Waals surface area contributed by atoms with Crippen LogP contribution in [-0.2, 0) is 14.6 Å². The first-order chi connectivity index (χ1) is 17.6. The summed E-state index contributed by atoms with van der Waals surface area (Å²) in [7, 11) is -3.69. The van der Waals surface area contributed by atoms with Crippen molar-refractivity contribution < 1.29 is 22.4 Å². The van der Waals surface area contributed by atoms with E-state index in [9.17, 15) is 22.4 Å². The molecule has 0 aliphatic heterocycles. The topological polar surface area (TPSA) is 162 Å². The number of rotatable bonds is 9. The third-order valence-corrected chi connectivity index (χ3v) is 6.55. The molecule has 2 amide bonds. The summed E-state index contributed by atoms with van der Waals surface area (Å²) in [5.41, 5.74) is 7.06. The number of carbonyl (C=O) groups is 2. The quantitative estimate of drug-likeness (QED) is 0.299. The van der Waals surface area contributed by atoms with E-state index in [4.69, 9.17) is 5.73 Å². The molecule has 13 heteroatoms. The summed E-state index contributed by atoms with van der Waals surface area (Å²) in [5, 5.41) is 10.3. The van der Waals surface area contributed by atoms with E-state index in [-0.39, 0.29) is 28.8 Å². The zero-order chi connectivity index (χ0) is 26.7. The number of anilines is 1. The first-order valence-electron chi connectivity index (χ1n) is 11.2. The molecule has 4 aromatic rings. The molecule has 1 atom stereocenters. The van der Waals surface area contributed by atoms with E-state index < -0.39 is 27.7 Å². The number of carbonyl (C=O) groups excluding carboxylic acids is 2. The minimum atomic E-state index is -3.69. The molecule has 0 fully saturated rings. The molecule has 0 spiro atoms. The number of primary amides is 1. The molecule has 4 N–H and O–H groups in total. The molecule has 0 aliphatic carbocycles. The molecule has 0 radical (unpaired) electrons. The predicted molar refractivity (Wildman–Crippen MR) is 134 cm³/mol. The van der Waals surface area contributed by atoms with Crippen LogP contribution in [0.25, 0.3) is 16.6 Å². The number of hydrogen-bond acceptors (Lipinski definition) is 8. The first-order valence-corrected chi connectivity index (χ1v) is 13.1. The third kappa shape index (κ3) is 5.72. The van der Waals surface area contributed by atoms with Gasteiger partial charge in [-0.15, -0.1) is 0 Å². The number of hydrogen-bond donors (Lipinski definition) is 3. The molecule has 0 saturated heterocycles. The fourth-order valence-electron chi connectivity index (χ4n) is 3.75. The van der Waals surface area contributed by atoms with Gasteiger partial charge in [-0.05, 0) is 48.4 Å². The van der Waals surface area contributed by atoms with Gasteiger partial charge in [0.25, 0.3) is 5.91 Å². The second kappa shape index (κ2) is 10.3. The molecule has 4 rings (SSSR count). The highest BCUT2D eigenvalue weighted by molar-refractivity contribution is 7.90. The van der Waals surface area contributed by atoms with Crippen molar-refractivity contribution in [2.24, 2.45) is 5.73 Å². The summed E-state index contributed by atoms with van der Waals surface area (Å²) in [6.07, 6.45) is 5.93. The number of pyridine rings is 2. The zero-order valence-electron chi connectivity index (χ0n) is 20.0. The Morgan fingerprint density at radius 2 is 1.86 bits per heavy atom. The lowest BCUT2D eigenvalue weighted by Crippen LogP contribution is -2.29. The molecular weight excluding hydrogens is 501 g/mol. The van der Waals surface area contributed by atoms with Gasteiger partial charge in [0.1, 0.15) is 11.6 Å². The van der Waals surface area contributed by atoms with E-state index in [0.29, 0.717) is 28.6 Å². The largest absolute Gasteiger partial charge is 0.368 e. The number of aromatic nitrogens is 4. The molecule has 192 valence electrons. The average Bonchev–Trinajstić information content (AvgIpc) is 3.30. The lowest BCUT2D eigenvalue weighted by atomic mass is 10.0. The van der Waals surface area contributed by atoms with Crippen LogP contribution in [0.4, 0.5) is 10.2 Å². The van der Waals surface area contributed by atoms with Crippen molar-refractivity contribution in [3.05, 3.63) is 71.9 Å². The second-order valence-electron chi connectivity index (χ2n) is 8.30. The Bertz CT molecular complexity index is 1590. The van der Waals surface area contributed by atoms with E-state index in [2.05, 4.69) is 25.7 Å².